The summed E-state index contributed by atoms with van der Waals surface area (Å²) in [7, 11) is 1.32. The first-order chi connectivity index (χ1) is 9.10. The highest BCUT2D eigenvalue weighted by Crippen LogP contribution is 2.24. The van der Waals surface area contributed by atoms with Gasteiger partial charge >= 0.3 is 5.97 Å². The molecule has 0 N–H and O–H groups in total. The fraction of sp³-hybridized carbons (Fsp3) is 0.214. The van der Waals surface area contributed by atoms with E-state index in [1.54, 1.807) is 12.1 Å². The molecule has 1 aromatic heterocycles. The first-order valence-electron chi connectivity index (χ1n) is 5.70. The van der Waals surface area contributed by atoms with Crippen LogP contribution in [0, 0.1) is 3.57 Å². The molecule has 19 heavy (non-hydrogen) atoms. The third-order valence-electron chi connectivity index (χ3n) is 2.52. The van der Waals surface area contributed by atoms with Crippen molar-refractivity contribution in [3.05, 3.63) is 51.5 Å². The Balaban J connectivity index is 2.09. The highest BCUT2D eigenvalue weighted by atomic mass is 127. The van der Waals surface area contributed by atoms with Gasteiger partial charge in [-0.3, -0.25) is 0 Å². The van der Waals surface area contributed by atoms with Gasteiger partial charge in [0.2, 0.25) is 5.76 Å². The second-order valence-corrected chi connectivity index (χ2v) is 5.16. The van der Waals surface area contributed by atoms with E-state index in [4.69, 9.17) is 9.15 Å². The maximum absolute atomic E-state index is 11.3. The lowest BCUT2D eigenvalue weighted by atomic mass is 10.3. The minimum absolute atomic E-state index is 0.176. The quantitative estimate of drug-likeness (QED) is 0.605. The Morgan fingerprint density at radius 3 is 2.79 bits per heavy atom. The van der Waals surface area contributed by atoms with Gasteiger partial charge in [0.15, 0.2) is 6.10 Å². The monoisotopic (exact) mass is 372 g/mol. The van der Waals surface area contributed by atoms with E-state index in [9.17, 15) is 4.79 Å². The maximum atomic E-state index is 11.3. The molecule has 0 aliphatic carbocycles. The van der Waals surface area contributed by atoms with Crippen LogP contribution in [0.3, 0.4) is 0 Å². The van der Waals surface area contributed by atoms with Crippen molar-refractivity contribution in [2.24, 2.45) is 0 Å². The molecule has 0 radical (unpaired) electrons. The summed E-state index contributed by atoms with van der Waals surface area (Å²) in [6.07, 6.45) is -0.281. The van der Waals surface area contributed by atoms with Crippen molar-refractivity contribution < 1.29 is 18.7 Å². The molecule has 2 aromatic rings. The smallest absolute Gasteiger partial charge is 0.373 e. The number of halogens is 1. The predicted octanol–water partition coefficient (Wildman–Crippen LogP) is 3.81. The molecule has 1 unspecified atom stereocenters. The van der Waals surface area contributed by atoms with E-state index in [1.807, 2.05) is 31.2 Å². The van der Waals surface area contributed by atoms with Gasteiger partial charge in [0.1, 0.15) is 11.5 Å². The number of esters is 1. The number of hydrogen-bond acceptors (Lipinski definition) is 4. The number of ether oxygens (including phenoxy) is 2. The van der Waals surface area contributed by atoms with Crippen molar-refractivity contribution in [2.45, 2.75) is 13.0 Å². The summed E-state index contributed by atoms with van der Waals surface area (Å²) in [4.78, 5) is 11.3. The Bertz CT molecular complexity index is 576. The summed E-state index contributed by atoms with van der Waals surface area (Å²) in [5.74, 6) is 1.03. The Labute approximate surface area is 124 Å². The molecule has 0 bridgehead atoms. The molecule has 5 heteroatoms. The number of benzene rings is 1. The molecule has 0 aliphatic rings. The molecule has 0 amide bonds. The van der Waals surface area contributed by atoms with Gasteiger partial charge in [0.05, 0.1) is 7.11 Å². The van der Waals surface area contributed by atoms with Crippen LogP contribution < -0.4 is 4.74 Å². The van der Waals surface area contributed by atoms with Gasteiger partial charge in [-0.2, -0.15) is 0 Å². The summed E-state index contributed by atoms with van der Waals surface area (Å²) < 4.78 is 16.8. The average molecular weight is 372 g/mol. The van der Waals surface area contributed by atoms with Gasteiger partial charge in [0.25, 0.3) is 0 Å². The number of rotatable bonds is 4. The topological polar surface area (TPSA) is 48.7 Å². The predicted molar refractivity (Wildman–Crippen MR) is 78.2 cm³/mol. The number of carbonyl (C=O) groups is 1. The molecule has 2 rings (SSSR count). The van der Waals surface area contributed by atoms with Crippen molar-refractivity contribution >= 4 is 28.6 Å². The molecule has 0 saturated carbocycles. The van der Waals surface area contributed by atoms with E-state index in [1.165, 1.54) is 7.11 Å². The third kappa shape index (κ3) is 3.50. The summed E-state index contributed by atoms with van der Waals surface area (Å²) in [6.45, 7) is 1.86. The van der Waals surface area contributed by atoms with Crippen LogP contribution in [0.1, 0.15) is 29.3 Å². The van der Waals surface area contributed by atoms with Gasteiger partial charge in [-0.05, 0) is 59.8 Å². The van der Waals surface area contributed by atoms with E-state index in [-0.39, 0.29) is 11.9 Å². The fourth-order valence-corrected chi connectivity index (χ4v) is 2.10. The van der Waals surface area contributed by atoms with Gasteiger partial charge in [0, 0.05) is 3.57 Å². The number of hydrogen-bond donors (Lipinski definition) is 0. The van der Waals surface area contributed by atoms with Crippen LogP contribution in [0.15, 0.2) is 40.8 Å². The number of carbonyl (C=O) groups excluding carboxylic acids is 1. The second kappa shape index (κ2) is 6.10. The largest absolute Gasteiger partial charge is 0.483 e. The average Bonchev–Trinajstić information content (AvgIpc) is 2.87. The molecule has 0 aliphatic heterocycles. The van der Waals surface area contributed by atoms with E-state index < -0.39 is 5.97 Å². The second-order valence-electron chi connectivity index (χ2n) is 3.91. The number of methoxy groups -OCH3 is 1. The Morgan fingerprint density at radius 1 is 1.32 bits per heavy atom. The van der Waals surface area contributed by atoms with Crippen LogP contribution in [0.4, 0.5) is 0 Å². The minimum atomic E-state index is -0.493. The van der Waals surface area contributed by atoms with E-state index in [2.05, 4.69) is 27.3 Å². The molecule has 0 saturated heterocycles. The molecule has 4 nitrogen and oxygen atoms in total. The van der Waals surface area contributed by atoms with Crippen LogP contribution in [0.2, 0.25) is 0 Å². The number of furan rings is 1. The summed E-state index contributed by atoms with van der Waals surface area (Å²) in [5, 5.41) is 0. The van der Waals surface area contributed by atoms with Crippen molar-refractivity contribution in [3.63, 3.8) is 0 Å². The molecule has 0 spiro atoms. The molecular weight excluding hydrogens is 359 g/mol. The molecule has 1 aromatic carbocycles. The van der Waals surface area contributed by atoms with Gasteiger partial charge in [-0.15, -0.1) is 0 Å². The van der Waals surface area contributed by atoms with Crippen molar-refractivity contribution in [1.82, 2.24) is 0 Å². The lowest BCUT2D eigenvalue weighted by molar-refractivity contribution is 0.0558. The molecule has 1 heterocycles. The SMILES string of the molecule is COC(=O)c1ccc(C(C)Oc2cccc(I)c2)o1. The summed E-state index contributed by atoms with van der Waals surface area (Å²) in [5.41, 5.74) is 0. The van der Waals surface area contributed by atoms with Crippen LogP contribution in [-0.4, -0.2) is 13.1 Å². The van der Waals surface area contributed by atoms with Crippen LogP contribution >= 0.6 is 22.6 Å². The van der Waals surface area contributed by atoms with E-state index in [0.717, 1.165) is 9.32 Å². The van der Waals surface area contributed by atoms with Gasteiger partial charge in [-0.1, -0.05) is 6.07 Å². The highest BCUT2D eigenvalue weighted by molar-refractivity contribution is 14.1. The van der Waals surface area contributed by atoms with Crippen LogP contribution in [0.25, 0.3) is 0 Å². The van der Waals surface area contributed by atoms with Gasteiger partial charge < -0.3 is 13.9 Å². The van der Waals surface area contributed by atoms with Crippen molar-refractivity contribution in [1.29, 1.82) is 0 Å². The zero-order valence-electron chi connectivity index (χ0n) is 10.6. The maximum Gasteiger partial charge on any atom is 0.373 e. The molecule has 1 atom stereocenters. The fourth-order valence-electron chi connectivity index (χ4n) is 1.58. The van der Waals surface area contributed by atoms with Crippen LogP contribution in [0.5, 0.6) is 5.75 Å². The standard InChI is InChI=1S/C14H13IO4/c1-9(18-11-5-3-4-10(15)8-11)12-6-7-13(19-12)14(16)17-2/h3-9H,1-2H3. The van der Waals surface area contributed by atoms with E-state index >= 15 is 0 Å². The zero-order chi connectivity index (χ0) is 13.8. The molecule has 100 valence electrons. The Kier molecular flexibility index (Phi) is 4.47. The Hall–Kier alpha value is -1.50. The summed E-state index contributed by atoms with van der Waals surface area (Å²) >= 11 is 2.22. The highest BCUT2D eigenvalue weighted by Gasteiger charge is 2.16. The Morgan fingerprint density at radius 2 is 2.11 bits per heavy atom. The minimum Gasteiger partial charge on any atom is -0.483 e. The molecular formula is C14H13IO4. The first kappa shape index (κ1) is 13.9. The van der Waals surface area contributed by atoms with Crippen molar-refractivity contribution in [3.8, 4) is 5.75 Å². The third-order valence-corrected chi connectivity index (χ3v) is 3.19. The lowest BCUT2D eigenvalue weighted by Crippen LogP contribution is -2.02. The normalized spacial score (nSPS) is 11.9. The van der Waals surface area contributed by atoms with Gasteiger partial charge in [-0.25, -0.2) is 4.79 Å². The first-order valence-corrected chi connectivity index (χ1v) is 6.78. The van der Waals surface area contributed by atoms with Crippen LogP contribution in [-0.2, 0) is 4.74 Å². The molecule has 0 fully saturated rings. The zero-order valence-corrected chi connectivity index (χ0v) is 12.7. The lowest BCUT2D eigenvalue weighted by Gasteiger charge is -2.12. The van der Waals surface area contributed by atoms with E-state index in [0.29, 0.717) is 5.76 Å². The summed E-state index contributed by atoms with van der Waals surface area (Å²) in [6, 6.07) is 11.0. The van der Waals surface area contributed by atoms with Crippen molar-refractivity contribution in [2.75, 3.05) is 7.11 Å².